The van der Waals surface area contributed by atoms with Crippen molar-refractivity contribution in [1.82, 2.24) is 0 Å². The number of nitrogens with one attached hydrogen (secondary N) is 1. The molecular formula is C23H21BrN2O4S. The van der Waals surface area contributed by atoms with Crippen molar-refractivity contribution in [3.8, 4) is 5.75 Å². The lowest BCUT2D eigenvalue weighted by atomic mass is 10.0. The number of ether oxygens (including phenoxy) is 1. The summed E-state index contributed by atoms with van der Waals surface area (Å²) in [6, 6.07) is 21.0. The third kappa shape index (κ3) is 4.75. The van der Waals surface area contributed by atoms with Crippen LogP contribution in [-0.4, -0.2) is 27.5 Å². The quantitative estimate of drug-likeness (QED) is 0.536. The molecule has 1 N–H and O–H groups in total. The van der Waals surface area contributed by atoms with E-state index >= 15 is 0 Å². The van der Waals surface area contributed by atoms with Gasteiger partial charge in [0.1, 0.15) is 5.75 Å². The zero-order chi connectivity index (χ0) is 21.8. The van der Waals surface area contributed by atoms with Gasteiger partial charge in [0.25, 0.3) is 15.9 Å². The van der Waals surface area contributed by atoms with Crippen LogP contribution in [0.3, 0.4) is 0 Å². The SMILES string of the molecule is O=C(COc1ccc(S(=O)(=O)N2CCCc3ccccc32)cc1)Nc1ccccc1Br. The van der Waals surface area contributed by atoms with Crippen molar-refractivity contribution in [3.63, 3.8) is 0 Å². The van der Waals surface area contributed by atoms with Crippen molar-refractivity contribution in [3.05, 3.63) is 82.8 Å². The van der Waals surface area contributed by atoms with Crippen molar-refractivity contribution >= 4 is 43.2 Å². The van der Waals surface area contributed by atoms with Crippen LogP contribution >= 0.6 is 15.9 Å². The molecule has 0 atom stereocenters. The van der Waals surface area contributed by atoms with Crippen molar-refractivity contribution in [1.29, 1.82) is 0 Å². The maximum Gasteiger partial charge on any atom is 0.264 e. The maximum atomic E-state index is 13.2. The number of amides is 1. The summed E-state index contributed by atoms with van der Waals surface area (Å²) in [5.74, 6) is 0.105. The summed E-state index contributed by atoms with van der Waals surface area (Å²) in [7, 11) is -3.68. The Labute approximate surface area is 190 Å². The Morgan fingerprint density at radius 2 is 1.71 bits per heavy atom. The summed E-state index contributed by atoms with van der Waals surface area (Å²) in [4.78, 5) is 12.3. The third-order valence-corrected chi connectivity index (χ3v) is 7.52. The summed E-state index contributed by atoms with van der Waals surface area (Å²) in [6.45, 7) is 0.264. The minimum Gasteiger partial charge on any atom is -0.484 e. The van der Waals surface area contributed by atoms with Gasteiger partial charge >= 0.3 is 0 Å². The average Bonchev–Trinajstić information content (AvgIpc) is 2.79. The summed E-state index contributed by atoms with van der Waals surface area (Å²) < 4.78 is 34.1. The van der Waals surface area contributed by atoms with Gasteiger partial charge in [-0.15, -0.1) is 0 Å². The molecule has 1 aliphatic rings. The van der Waals surface area contributed by atoms with E-state index in [4.69, 9.17) is 4.74 Å². The number of nitrogens with zero attached hydrogens (tertiary/aromatic N) is 1. The summed E-state index contributed by atoms with van der Waals surface area (Å²) in [6.07, 6.45) is 1.65. The number of aryl methyl sites for hydroxylation is 1. The highest BCUT2D eigenvalue weighted by atomic mass is 79.9. The summed E-state index contributed by atoms with van der Waals surface area (Å²) >= 11 is 3.37. The lowest BCUT2D eigenvalue weighted by Gasteiger charge is -2.30. The van der Waals surface area contributed by atoms with Crippen LogP contribution < -0.4 is 14.4 Å². The molecule has 3 aromatic rings. The van der Waals surface area contributed by atoms with E-state index in [2.05, 4.69) is 21.2 Å². The van der Waals surface area contributed by atoms with Gasteiger partial charge in [0, 0.05) is 11.0 Å². The number of carbonyl (C=O) groups excluding carboxylic acids is 1. The fraction of sp³-hybridized carbons (Fsp3) is 0.174. The largest absolute Gasteiger partial charge is 0.484 e. The molecule has 6 nitrogen and oxygen atoms in total. The van der Waals surface area contributed by atoms with Crippen molar-refractivity contribution in [2.45, 2.75) is 17.7 Å². The van der Waals surface area contributed by atoms with E-state index in [1.54, 1.807) is 18.2 Å². The molecule has 31 heavy (non-hydrogen) atoms. The first-order valence-corrected chi connectivity index (χ1v) is 12.1. The Morgan fingerprint density at radius 3 is 2.48 bits per heavy atom. The molecule has 0 aliphatic carbocycles. The average molecular weight is 501 g/mol. The van der Waals surface area contributed by atoms with E-state index in [-0.39, 0.29) is 17.4 Å². The number of hydrogen-bond donors (Lipinski definition) is 1. The lowest BCUT2D eigenvalue weighted by Crippen LogP contribution is -2.35. The molecule has 160 valence electrons. The van der Waals surface area contributed by atoms with Gasteiger partial charge in [-0.1, -0.05) is 30.3 Å². The molecule has 0 radical (unpaired) electrons. The molecule has 0 saturated carbocycles. The van der Waals surface area contributed by atoms with Crippen molar-refractivity contribution < 1.29 is 17.9 Å². The van der Waals surface area contributed by atoms with Gasteiger partial charge in [0.05, 0.1) is 16.3 Å². The molecule has 8 heteroatoms. The predicted molar refractivity (Wildman–Crippen MR) is 124 cm³/mol. The van der Waals surface area contributed by atoms with Gasteiger partial charge in [-0.2, -0.15) is 0 Å². The number of fused-ring (bicyclic) bond motifs is 1. The monoisotopic (exact) mass is 500 g/mol. The summed E-state index contributed by atoms with van der Waals surface area (Å²) in [5, 5.41) is 2.76. The smallest absolute Gasteiger partial charge is 0.264 e. The van der Waals surface area contributed by atoms with Gasteiger partial charge in [-0.3, -0.25) is 9.10 Å². The zero-order valence-corrected chi connectivity index (χ0v) is 19.0. The number of carbonyl (C=O) groups is 1. The van der Waals surface area contributed by atoms with Crippen LogP contribution in [0.1, 0.15) is 12.0 Å². The first-order chi connectivity index (χ1) is 14.9. The molecule has 0 spiro atoms. The van der Waals surface area contributed by atoms with Gasteiger partial charge in [0.2, 0.25) is 0 Å². The Bertz CT molecular complexity index is 1200. The molecule has 3 aromatic carbocycles. The van der Waals surface area contributed by atoms with E-state index in [1.165, 1.54) is 16.4 Å². The molecular weight excluding hydrogens is 480 g/mol. The minimum atomic E-state index is -3.68. The van der Waals surface area contributed by atoms with Gasteiger partial charge < -0.3 is 10.1 Å². The van der Waals surface area contributed by atoms with E-state index in [0.29, 0.717) is 18.0 Å². The summed E-state index contributed by atoms with van der Waals surface area (Å²) in [5.41, 5.74) is 2.42. The molecule has 0 saturated heterocycles. The second-order valence-corrected chi connectivity index (χ2v) is 9.81. The van der Waals surface area contributed by atoms with Crippen LogP contribution in [0.5, 0.6) is 5.75 Å². The Hall–Kier alpha value is -2.84. The Morgan fingerprint density at radius 1 is 1.00 bits per heavy atom. The van der Waals surface area contributed by atoms with Crippen LogP contribution in [0, 0.1) is 0 Å². The number of anilines is 2. The Kier molecular flexibility index (Phi) is 6.29. The predicted octanol–water partition coefficient (Wildman–Crippen LogP) is 4.61. The molecule has 0 bridgehead atoms. The molecule has 1 amide bonds. The first-order valence-electron chi connectivity index (χ1n) is 9.83. The second kappa shape index (κ2) is 9.11. The maximum absolute atomic E-state index is 13.2. The fourth-order valence-corrected chi connectivity index (χ4v) is 5.41. The number of rotatable bonds is 6. The molecule has 1 heterocycles. The Balaban J connectivity index is 1.42. The molecule has 1 aliphatic heterocycles. The van der Waals surface area contributed by atoms with Crippen molar-refractivity contribution in [2.24, 2.45) is 0 Å². The molecule has 0 aromatic heterocycles. The van der Waals surface area contributed by atoms with Crippen LogP contribution in [0.15, 0.2) is 82.2 Å². The highest BCUT2D eigenvalue weighted by Crippen LogP contribution is 2.32. The number of para-hydroxylation sites is 2. The fourth-order valence-electron chi connectivity index (χ4n) is 3.48. The van der Waals surface area contributed by atoms with Crippen LogP contribution in [0.25, 0.3) is 0 Å². The molecule has 0 unspecified atom stereocenters. The topological polar surface area (TPSA) is 75.7 Å². The highest BCUT2D eigenvalue weighted by molar-refractivity contribution is 9.10. The number of halogens is 1. The van der Waals surface area contributed by atoms with E-state index in [0.717, 1.165) is 28.6 Å². The number of benzene rings is 3. The molecule has 4 rings (SSSR count). The lowest BCUT2D eigenvalue weighted by molar-refractivity contribution is -0.118. The van der Waals surface area contributed by atoms with Gasteiger partial charge in [0.15, 0.2) is 6.61 Å². The van der Waals surface area contributed by atoms with E-state index < -0.39 is 10.0 Å². The standard InChI is InChI=1S/C23H21BrN2O4S/c24-20-8-2-3-9-21(20)25-23(27)16-30-18-11-13-19(14-12-18)31(28,29)26-15-5-7-17-6-1-4-10-22(17)26/h1-4,6,8-14H,5,7,15-16H2,(H,25,27). The van der Waals surface area contributed by atoms with Gasteiger partial charge in [-0.25, -0.2) is 8.42 Å². The van der Waals surface area contributed by atoms with Crippen LogP contribution in [0.4, 0.5) is 11.4 Å². The minimum absolute atomic E-state index is 0.188. The van der Waals surface area contributed by atoms with Crippen LogP contribution in [-0.2, 0) is 21.2 Å². The van der Waals surface area contributed by atoms with Crippen LogP contribution in [0.2, 0.25) is 0 Å². The normalized spacial score (nSPS) is 13.4. The van der Waals surface area contributed by atoms with E-state index in [9.17, 15) is 13.2 Å². The number of hydrogen-bond acceptors (Lipinski definition) is 4. The van der Waals surface area contributed by atoms with Gasteiger partial charge in [-0.05, 0) is 76.8 Å². The highest BCUT2D eigenvalue weighted by Gasteiger charge is 2.28. The third-order valence-electron chi connectivity index (χ3n) is 5.00. The second-order valence-electron chi connectivity index (χ2n) is 7.10. The van der Waals surface area contributed by atoms with E-state index in [1.807, 2.05) is 42.5 Å². The first kappa shape index (κ1) is 21.4. The zero-order valence-electron chi connectivity index (χ0n) is 16.6. The van der Waals surface area contributed by atoms with Crippen molar-refractivity contribution in [2.75, 3.05) is 22.8 Å². The number of sulfonamides is 1. The molecule has 0 fully saturated rings.